The van der Waals surface area contributed by atoms with Crippen LogP contribution in [0.3, 0.4) is 0 Å². The minimum atomic E-state index is -0.875. The molecule has 0 spiro atoms. The number of aliphatic hydroxyl groups excluding tert-OH is 2. The molecule has 0 aliphatic heterocycles. The summed E-state index contributed by atoms with van der Waals surface area (Å²) in [5.41, 5.74) is 0.335. The second-order valence-electron chi connectivity index (χ2n) is 3.01. The summed E-state index contributed by atoms with van der Waals surface area (Å²) in [6, 6.07) is 0. The van der Waals surface area contributed by atoms with Gasteiger partial charge in [-0.1, -0.05) is 0 Å². The molecule has 84 valence electrons. The van der Waals surface area contributed by atoms with Crippen molar-refractivity contribution in [1.82, 2.24) is 9.78 Å². The second-order valence-corrected chi connectivity index (χ2v) is 3.01. The molecule has 1 atom stereocenters. The summed E-state index contributed by atoms with van der Waals surface area (Å²) in [6.07, 6.45) is 1.96. The molecule has 0 bridgehead atoms. The molecular formula is C9H14N2O4. The molecule has 0 amide bonds. The zero-order valence-corrected chi connectivity index (χ0v) is 8.46. The van der Waals surface area contributed by atoms with Crippen LogP contribution in [0.2, 0.25) is 0 Å². The van der Waals surface area contributed by atoms with Crippen LogP contribution in [-0.4, -0.2) is 45.3 Å². The number of aliphatic hydroxyl groups is 2. The van der Waals surface area contributed by atoms with E-state index in [4.69, 9.17) is 14.9 Å². The summed E-state index contributed by atoms with van der Waals surface area (Å²) in [5, 5.41) is 21.6. The van der Waals surface area contributed by atoms with Gasteiger partial charge in [0.15, 0.2) is 0 Å². The third kappa shape index (κ3) is 3.34. The number of hydrogen-bond donors (Lipinski definition) is 2. The van der Waals surface area contributed by atoms with Gasteiger partial charge >= 0.3 is 5.97 Å². The molecule has 6 heteroatoms. The van der Waals surface area contributed by atoms with E-state index in [1.807, 2.05) is 0 Å². The molecule has 0 aliphatic carbocycles. The predicted molar refractivity (Wildman–Crippen MR) is 51.3 cm³/mol. The summed E-state index contributed by atoms with van der Waals surface area (Å²) >= 11 is 0. The lowest BCUT2D eigenvalue weighted by Gasteiger charge is -2.05. The Balaban J connectivity index is 2.59. The van der Waals surface area contributed by atoms with Crippen molar-refractivity contribution in [3.05, 3.63) is 18.0 Å². The molecule has 2 N–H and O–H groups in total. The molecule has 1 aromatic heterocycles. The average Bonchev–Trinajstić information content (AvgIpc) is 2.66. The van der Waals surface area contributed by atoms with E-state index in [1.165, 1.54) is 17.1 Å². The highest BCUT2D eigenvalue weighted by Crippen LogP contribution is 2.01. The van der Waals surface area contributed by atoms with Crippen molar-refractivity contribution < 1.29 is 19.7 Å². The first kappa shape index (κ1) is 11.7. The van der Waals surface area contributed by atoms with Crippen LogP contribution in [0.5, 0.6) is 0 Å². The van der Waals surface area contributed by atoms with Crippen molar-refractivity contribution >= 4 is 5.97 Å². The molecule has 1 heterocycles. The number of carbonyl (C=O) groups excluding carboxylic acids is 1. The number of ether oxygens (including phenoxy) is 1. The van der Waals surface area contributed by atoms with Gasteiger partial charge < -0.3 is 14.9 Å². The van der Waals surface area contributed by atoms with Gasteiger partial charge in [-0.3, -0.25) is 4.68 Å². The fourth-order valence-electron chi connectivity index (χ4n) is 1.06. The lowest BCUT2D eigenvalue weighted by atomic mass is 10.3. The Labute approximate surface area is 87.1 Å². The van der Waals surface area contributed by atoms with Crippen molar-refractivity contribution in [2.75, 3.05) is 13.2 Å². The molecule has 0 radical (unpaired) electrons. The first-order valence-electron chi connectivity index (χ1n) is 4.65. The normalized spacial score (nSPS) is 12.5. The largest absolute Gasteiger partial charge is 0.462 e. The lowest BCUT2D eigenvalue weighted by Crippen LogP contribution is -2.20. The van der Waals surface area contributed by atoms with Crippen molar-refractivity contribution in [3.63, 3.8) is 0 Å². The molecule has 0 saturated carbocycles. The smallest absolute Gasteiger partial charge is 0.341 e. The van der Waals surface area contributed by atoms with E-state index in [-0.39, 0.29) is 13.2 Å². The van der Waals surface area contributed by atoms with E-state index in [0.29, 0.717) is 12.2 Å². The van der Waals surface area contributed by atoms with Gasteiger partial charge in [0.2, 0.25) is 0 Å². The maximum Gasteiger partial charge on any atom is 0.341 e. The summed E-state index contributed by atoms with van der Waals surface area (Å²) in [7, 11) is 0. The fraction of sp³-hybridized carbons (Fsp3) is 0.556. The lowest BCUT2D eigenvalue weighted by molar-refractivity contribution is 0.0525. The van der Waals surface area contributed by atoms with E-state index in [1.54, 1.807) is 6.92 Å². The molecule has 0 aromatic carbocycles. The number of nitrogens with zero attached hydrogens (tertiary/aromatic N) is 2. The van der Waals surface area contributed by atoms with Gasteiger partial charge in [0.25, 0.3) is 0 Å². The number of carbonyl (C=O) groups is 1. The van der Waals surface area contributed by atoms with Crippen molar-refractivity contribution in [2.24, 2.45) is 0 Å². The van der Waals surface area contributed by atoms with E-state index < -0.39 is 12.1 Å². The van der Waals surface area contributed by atoms with Crippen molar-refractivity contribution in [3.8, 4) is 0 Å². The van der Waals surface area contributed by atoms with Crippen LogP contribution in [-0.2, 0) is 11.3 Å². The fourth-order valence-corrected chi connectivity index (χ4v) is 1.06. The van der Waals surface area contributed by atoms with Gasteiger partial charge in [-0.2, -0.15) is 5.10 Å². The topological polar surface area (TPSA) is 84.6 Å². The third-order valence-corrected chi connectivity index (χ3v) is 1.75. The number of aromatic nitrogens is 2. The Bertz CT molecular complexity index is 324. The summed E-state index contributed by atoms with van der Waals surface area (Å²) in [5.74, 6) is -0.442. The SMILES string of the molecule is CCOC(=O)c1cnn(CC(O)CO)c1. The molecule has 1 unspecified atom stereocenters. The molecule has 1 aromatic rings. The summed E-state index contributed by atoms with van der Waals surface area (Å²) < 4.78 is 6.15. The van der Waals surface area contributed by atoms with Crippen molar-refractivity contribution in [2.45, 2.75) is 19.6 Å². The molecule has 0 aliphatic rings. The maximum atomic E-state index is 11.2. The van der Waals surface area contributed by atoms with Gasteiger partial charge in [-0.05, 0) is 6.92 Å². The standard InChI is InChI=1S/C9H14N2O4/c1-2-15-9(14)7-3-10-11(4-7)5-8(13)6-12/h3-4,8,12-13H,2,5-6H2,1H3. The van der Waals surface area contributed by atoms with Gasteiger partial charge in [0.05, 0.1) is 37.6 Å². The molecule has 6 nitrogen and oxygen atoms in total. The van der Waals surface area contributed by atoms with E-state index in [2.05, 4.69) is 5.10 Å². The Morgan fingerprint density at radius 1 is 1.73 bits per heavy atom. The molecule has 15 heavy (non-hydrogen) atoms. The van der Waals surface area contributed by atoms with Gasteiger partial charge in [-0.15, -0.1) is 0 Å². The van der Waals surface area contributed by atoms with E-state index >= 15 is 0 Å². The van der Waals surface area contributed by atoms with E-state index in [9.17, 15) is 4.79 Å². The van der Waals surface area contributed by atoms with Crippen molar-refractivity contribution in [1.29, 1.82) is 0 Å². The molecule has 0 fully saturated rings. The first-order valence-corrected chi connectivity index (χ1v) is 4.65. The Kier molecular flexibility index (Phi) is 4.26. The quantitative estimate of drug-likeness (QED) is 0.640. The minimum absolute atomic E-state index is 0.149. The number of esters is 1. The summed E-state index contributed by atoms with van der Waals surface area (Å²) in [4.78, 5) is 11.2. The number of hydrogen-bond acceptors (Lipinski definition) is 5. The van der Waals surface area contributed by atoms with Crippen LogP contribution in [0, 0.1) is 0 Å². The zero-order chi connectivity index (χ0) is 11.3. The van der Waals surface area contributed by atoms with Gasteiger partial charge in [0.1, 0.15) is 0 Å². The van der Waals surface area contributed by atoms with Crippen LogP contribution in [0.25, 0.3) is 0 Å². The first-order chi connectivity index (χ1) is 7.17. The monoisotopic (exact) mass is 214 g/mol. The van der Waals surface area contributed by atoms with Gasteiger partial charge in [-0.25, -0.2) is 4.79 Å². The van der Waals surface area contributed by atoms with E-state index in [0.717, 1.165) is 0 Å². The van der Waals surface area contributed by atoms with Crippen LogP contribution >= 0.6 is 0 Å². The second kappa shape index (κ2) is 5.47. The Morgan fingerprint density at radius 2 is 2.47 bits per heavy atom. The molecule has 0 saturated heterocycles. The highest BCUT2D eigenvalue weighted by Gasteiger charge is 2.10. The molecule has 1 rings (SSSR count). The Hall–Kier alpha value is -1.40. The van der Waals surface area contributed by atoms with Crippen LogP contribution < -0.4 is 0 Å². The van der Waals surface area contributed by atoms with Gasteiger partial charge in [0, 0.05) is 6.20 Å². The summed E-state index contributed by atoms with van der Waals surface area (Å²) in [6.45, 7) is 1.84. The van der Waals surface area contributed by atoms with Crippen LogP contribution in [0.1, 0.15) is 17.3 Å². The molecular weight excluding hydrogens is 200 g/mol. The van der Waals surface area contributed by atoms with Crippen LogP contribution in [0.15, 0.2) is 12.4 Å². The maximum absolute atomic E-state index is 11.2. The Morgan fingerprint density at radius 3 is 3.07 bits per heavy atom. The number of rotatable bonds is 5. The van der Waals surface area contributed by atoms with Crippen LogP contribution in [0.4, 0.5) is 0 Å². The highest BCUT2D eigenvalue weighted by atomic mass is 16.5. The zero-order valence-electron chi connectivity index (χ0n) is 8.46. The minimum Gasteiger partial charge on any atom is -0.462 e. The highest BCUT2D eigenvalue weighted by molar-refractivity contribution is 5.88. The third-order valence-electron chi connectivity index (χ3n) is 1.75. The predicted octanol–water partition coefficient (Wildman–Crippen LogP) is -0.587. The average molecular weight is 214 g/mol.